The summed E-state index contributed by atoms with van der Waals surface area (Å²) >= 11 is 0. The Balaban J connectivity index is 1.98. The minimum atomic E-state index is -0.310. The van der Waals surface area contributed by atoms with Crippen molar-refractivity contribution in [1.29, 1.82) is 0 Å². The first-order valence-corrected chi connectivity index (χ1v) is 11.9. The lowest BCUT2D eigenvalue weighted by atomic mass is 9.78. The van der Waals surface area contributed by atoms with Crippen molar-refractivity contribution in [2.75, 3.05) is 13.2 Å². The van der Waals surface area contributed by atoms with Gasteiger partial charge < -0.3 is 19.4 Å². The molecule has 0 bridgehead atoms. The average Bonchev–Trinajstić information content (AvgIpc) is 3.45. The van der Waals surface area contributed by atoms with E-state index in [0.29, 0.717) is 24.6 Å². The van der Waals surface area contributed by atoms with Crippen LogP contribution in [0.2, 0.25) is 0 Å². The Morgan fingerprint density at radius 1 is 0.758 bits per heavy atom. The number of esters is 2. The van der Waals surface area contributed by atoms with Crippen molar-refractivity contribution < 1.29 is 19.1 Å². The highest BCUT2D eigenvalue weighted by Crippen LogP contribution is 2.38. The van der Waals surface area contributed by atoms with Crippen LogP contribution in [0, 0.1) is 19.3 Å². The van der Waals surface area contributed by atoms with Crippen LogP contribution in [0.25, 0.3) is 0 Å². The Hall–Kier alpha value is -3.02. The van der Waals surface area contributed by atoms with Crippen molar-refractivity contribution in [3.05, 3.63) is 69.3 Å². The molecule has 3 rings (SSSR count). The number of hydrogen-bond donors (Lipinski definition) is 2. The molecule has 2 aromatic rings. The molecule has 33 heavy (non-hydrogen) atoms. The van der Waals surface area contributed by atoms with Gasteiger partial charge in [-0.05, 0) is 62.8 Å². The van der Waals surface area contributed by atoms with Gasteiger partial charge in [-0.25, -0.2) is 9.59 Å². The zero-order chi connectivity index (χ0) is 24.2. The lowest BCUT2D eigenvalue weighted by Gasteiger charge is -2.26. The predicted molar refractivity (Wildman–Crippen MR) is 130 cm³/mol. The topological polar surface area (TPSA) is 84.2 Å². The minimum absolute atomic E-state index is 0.264. The molecule has 0 aromatic carbocycles. The maximum Gasteiger partial charge on any atom is 0.355 e. The first kappa shape index (κ1) is 24.6. The highest BCUT2D eigenvalue weighted by Gasteiger charge is 2.33. The van der Waals surface area contributed by atoms with Crippen LogP contribution in [0.4, 0.5) is 0 Å². The molecular weight excluding hydrogens is 416 g/mol. The second-order valence-electron chi connectivity index (χ2n) is 8.62. The van der Waals surface area contributed by atoms with E-state index in [2.05, 4.69) is 48.1 Å². The molecule has 6 heteroatoms. The van der Waals surface area contributed by atoms with Crippen LogP contribution in [0.3, 0.4) is 0 Å². The number of allylic oxidation sites excluding steroid dienone is 4. The third kappa shape index (κ3) is 4.85. The van der Waals surface area contributed by atoms with Gasteiger partial charge in [-0.1, -0.05) is 38.2 Å². The second kappa shape index (κ2) is 10.3. The third-order valence-corrected chi connectivity index (χ3v) is 6.58. The predicted octanol–water partition coefficient (Wildman–Crippen LogP) is 5.34. The molecule has 0 aliphatic heterocycles. The van der Waals surface area contributed by atoms with Crippen LogP contribution in [0.15, 0.2) is 24.3 Å². The number of aromatic nitrogens is 2. The molecule has 0 spiro atoms. The molecule has 2 heterocycles. The third-order valence-electron chi connectivity index (χ3n) is 6.58. The number of ether oxygens (including phenoxy) is 2. The van der Waals surface area contributed by atoms with Crippen LogP contribution in [0.1, 0.15) is 82.3 Å². The zero-order valence-electron chi connectivity index (χ0n) is 20.7. The van der Waals surface area contributed by atoms with E-state index >= 15 is 0 Å². The maximum atomic E-state index is 12.5. The first-order chi connectivity index (χ1) is 15.8. The zero-order valence-corrected chi connectivity index (χ0v) is 20.7. The Morgan fingerprint density at radius 2 is 1.15 bits per heavy atom. The van der Waals surface area contributed by atoms with Gasteiger partial charge in [-0.3, -0.25) is 0 Å². The Bertz CT molecular complexity index is 998. The summed E-state index contributed by atoms with van der Waals surface area (Å²) in [5.41, 5.74) is 7.18. The normalized spacial score (nSPS) is 14.1. The summed E-state index contributed by atoms with van der Waals surface area (Å²) in [6.07, 6.45) is 11.7. The highest BCUT2D eigenvalue weighted by molar-refractivity contribution is 5.90. The fourth-order valence-corrected chi connectivity index (χ4v) is 4.97. The van der Waals surface area contributed by atoms with E-state index in [9.17, 15) is 9.59 Å². The van der Waals surface area contributed by atoms with Crippen LogP contribution >= 0.6 is 0 Å². The van der Waals surface area contributed by atoms with Crippen LogP contribution in [0.5, 0.6) is 0 Å². The van der Waals surface area contributed by atoms with Crippen molar-refractivity contribution >= 4 is 11.9 Å². The molecule has 1 aliphatic rings. The van der Waals surface area contributed by atoms with Crippen molar-refractivity contribution in [3.63, 3.8) is 0 Å². The average molecular weight is 453 g/mol. The van der Waals surface area contributed by atoms with E-state index < -0.39 is 0 Å². The van der Waals surface area contributed by atoms with Gasteiger partial charge in [-0.15, -0.1) is 0 Å². The van der Waals surface area contributed by atoms with Gasteiger partial charge in [0.1, 0.15) is 11.4 Å². The van der Waals surface area contributed by atoms with E-state index in [1.807, 2.05) is 27.7 Å². The molecule has 2 aromatic heterocycles. The molecule has 0 saturated heterocycles. The van der Waals surface area contributed by atoms with Crippen LogP contribution in [-0.4, -0.2) is 35.1 Å². The SMILES string of the molecule is CCOC(=O)c1[nH]c(CC2(Cc3[nH]c(C(=O)OCC)c(C)c3CC)C=CC=C2)c(CC)c1C. The Labute approximate surface area is 196 Å². The summed E-state index contributed by atoms with van der Waals surface area (Å²) < 4.78 is 10.5. The first-order valence-electron chi connectivity index (χ1n) is 11.9. The molecule has 178 valence electrons. The number of H-pyrrole nitrogens is 2. The molecule has 0 radical (unpaired) electrons. The molecule has 6 nitrogen and oxygen atoms in total. The van der Waals surface area contributed by atoms with Gasteiger partial charge in [-0.2, -0.15) is 0 Å². The standard InChI is InChI=1S/C27H36N2O4/c1-7-19-17(5)23(25(30)32-9-3)28-21(19)15-27(13-11-12-14-27)16-22-20(8-2)18(6)24(29-22)26(31)33-10-4/h11-14,28-29H,7-10,15-16H2,1-6H3. The van der Waals surface area contributed by atoms with E-state index in [4.69, 9.17) is 9.47 Å². The fraction of sp³-hybridized carbons (Fsp3) is 0.481. The molecule has 0 fully saturated rings. The summed E-state index contributed by atoms with van der Waals surface area (Å²) in [5, 5.41) is 0. The van der Waals surface area contributed by atoms with Gasteiger partial charge in [0, 0.05) is 29.6 Å². The van der Waals surface area contributed by atoms with Crippen molar-refractivity contribution in [2.45, 2.75) is 67.2 Å². The van der Waals surface area contributed by atoms with E-state index in [0.717, 1.165) is 59.3 Å². The van der Waals surface area contributed by atoms with Crippen LogP contribution < -0.4 is 0 Å². The number of carbonyl (C=O) groups excluding carboxylic acids is 2. The van der Waals surface area contributed by atoms with E-state index in [1.54, 1.807) is 0 Å². The number of hydrogen-bond acceptors (Lipinski definition) is 4. The van der Waals surface area contributed by atoms with Gasteiger partial charge >= 0.3 is 11.9 Å². The summed E-state index contributed by atoms with van der Waals surface area (Å²) in [5.74, 6) is -0.621. The smallest absolute Gasteiger partial charge is 0.355 e. The lowest BCUT2D eigenvalue weighted by Crippen LogP contribution is -2.22. The summed E-state index contributed by atoms with van der Waals surface area (Å²) in [6.45, 7) is 12.5. The van der Waals surface area contributed by atoms with Crippen molar-refractivity contribution in [2.24, 2.45) is 5.41 Å². The van der Waals surface area contributed by atoms with Crippen molar-refractivity contribution in [3.8, 4) is 0 Å². The molecule has 2 N–H and O–H groups in total. The summed E-state index contributed by atoms with van der Waals surface area (Å²) in [6, 6.07) is 0. The molecule has 0 saturated carbocycles. The highest BCUT2D eigenvalue weighted by atomic mass is 16.5. The Kier molecular flexibility index (Phi) is 7.67. The molecule has 0 atom stereocenters. The lowest BCUT2D eigenvalue weighted by molar-refractivity contribution is 0.0509. The number of carbonyl (C=O) groups is 2. The monoisotopic (exact) mass is 452 g/mol. The van der Waals surface area contributed by atoms with E-state index in [1.165, 1.54) is 0 Å². The van der Waals surface area contributed by atoms with E-state index in [-0.39, 0.29) is 17.4 Å². The quantitative estimate of drug-likeness (QED) is 0.477. The molecule has 0 amide bonds. The van der Waals surface area contributed by atoms with Gasteiger partial charge in [0.2, 0.25) is 0 Å². The number of rotatable bonds is 10. The fourth-order valence-electron chi connectivity index (χ4n) is 4.97. The molecule has 0 unspecified atom stereocenters. The maximum absolute atomic E-state index is 12.5. The second-order valence-corrected chi connectivity index (χ2v) is 8.62. The van der Waals surface area contributed by atoms with Gasteiger partial charge in [0.15, 0.2) is 0 Å². The largest absolute Gasteiger partial charge is 0.461 e. The molecule has 1 aliphatic carbocycles. The summed E-state index contributed by atoms with van der Waals surface area (Å²) in [4.78, 5) is 31.7. The number of aromatic amines is 2. The summed E-state index contributed by atoms with van der Waals surface area (Å²) in [7, 11) is 0. The van der Waals surface area contributed by atoms with Crippen LogP contribution in [-0.2, 0) is 35.2 Å². The van der Waals surface area contributed by atoms with Crippen molar-refractivity contribution in [1.82, 2.24) is 9.97 Å². The number of nitrogens with one attached hydrogen (secondary N) is 2. The van der Waals surface area contributed by atoms with Gasteiger partial charge in [0.05, 0.1) is 13.2 Å². The molecular formula is C27H36N2O4. The minimum Gasteiger partial charge on any atom is -0.461 e. The Morgan fingerprint density at radius 3 is 1.48 bits per heavy atom. The van der Waals surface area contributed by atoms with Gasteiger partial charge in [0.25, 0.3) is 0 Å².